The molecule has 4 rings (SSSR count). The summed E-state index contributed by atoms with van der Waals surface area (Å²) in [6.45, 7) is 6.99. The van der Waals surface area contributed by atoms with Crippen LogP contribution in [-0.4, -0.2) is 45.6 Å². The summed E-state index contributed by atoms with van der Waals surface area (Å²) in [7, 11) is 0. The number of carbonyl (C=O) groups is 2. The van der Waals surface area contributed by atoms with E-state index in [1.807, 2.05) is 41.2 Å². The lowest BCUT2D eigenvalue weighted by molar-refractivity contribution is -0.144. The van der Waals surface area contributed by atoms with E-state index in [1.165, 1.54) is 0 Å². The molecular weight excluding hydrogens is 378 g/mol. The van der Waals surface area contributed by atoms with E-state index in [2.05, 4.69) is 40.7 Å². The van der Waals surface area contributed by atoms with Crippen LogP contribution in [0.25, 0.3) is 0 Å². The van der Waals surface area contributed by atoms with Crippen molar-refractivity contribution in [2.45, 2.75) is 58.3 Å². The summed E-state index contributed by atoms with van der Waals surface area (Å²) in [6.07, 6.45) is 5.77. The molecule has 2 atom stereocenters. The highest BCUT2D eigenvalue weighted by Gasteiger charge is 2.51. The van der Waals surface area contributed by atoms with E-state index >= 15 is 0 Å². The Kier molecular flexibility index (Phi) is 5.90. The lowest BCUT2D eigenvalue weighted by Crippen LogP contribution is -2.66. The fourth-order valence-corrected chi connectivity index (χ4v) is 4.68. The molecular formula is C23H31N5O2. The van der Waals surface area contributed by atoms with Crippen LogP contribution in [0, 0.1) is 5.41 Å². The van der Waals surface area contributed by atoms with E-state index in [9.17, 15) is 9.59 Å². The standard InChI is InChI=1S/C23H31N5O2/c1-17(2)28-15-19(13-25-28)14-27-11-9-20-23(16-27,10-8-21(29)26-20)22(30)24-12-18-6-4-3-5-7-18/h3-7,13,15,17,20H,8-12,14,16H2,1-2H3,(H,24,30)(H,26,29)/t20-,23+/m1/s1. The number of piperidine rings is 2. The predicted molar refractivity (Wildman–Crippen MR) is 114 cm³/mol. The molecule has 2 N–H and O–H groups in total. The van der Waals surface area contributed by atoms with Crippen molar-refractivity contribution in [1.29, 1.82) is 0 Å². The van der Waals surface area contributed by atoms with Crippen molar-refractivity contribution in [2.24, 2.45) is 5.41 Å². The van der Waals surface area contributed by atoms with Gasteiger partial charge in [-0.05, 0) is 32.3 Å². The number of nitrogens with one attached hydrogen (secondary N) is 2. The normalized spacial score (nSPS) is 24.4. The molecule has 7 nitrogen and oxygen atoms in total. The van der Waals surface area contributed by atoms with Crippen LogP contribution in [0.15, 0.2) is 42.7 Å². The molecule has 0 saturated carbocycles. The molecule has 0 unspecified atom stereocenters. The number of hydrogen-bond acceptors (Lipinski definition) is 4. The first-order chi connectivity index (χ1) is 14.5. The molecule has 0 spiro atoms. The number of rotatable bonds is 6. The Morgan fingerprint density at radius 1 is 1.30 bits per heavy atom. The zero-order chi connectivity index (χ0) is 21.1. The molecule has 2 fully saturated rings. The minimum Gasteiger partial charge on any atom is -0.352 e. The Hall–Kier alpha value is -2.67. The van der Waals surface area contributed by atoms with Crippen molar-refractivity contribution in [2.75, 3.05) is 13.1 Å². The Balaban J connectivity index is 1.48. The first kappa shape index (κ1) is 20.6. The van der Waals surface area contributed by atoms with Crippen molar-refractivity contribution in [1.82, 2.24) is 25.3 Å². The van der Waals surface area contributed by atoms with E-state index in [4.69, 9.17) is 0 Å². The second-order valence-electron chi connectivity index (χ2n) is 8.87. The highest BCUT2D eigenvalue weighted by Crippen LogP contribution is 2.38. The molecule has 0 radical (unpaired) electrons. The maximum atomic E-state index is 13.4. The van der Waals surface area contributed by atoms with Gasteiger partial charge in [-0.2, -0.15) is 5.10 Å². The topological polar surface area (TPSA) is 79.3 Å². The van der Waals surface area contributed by atoms with Crippen LogP contribution in [0.5, 0.6) is 0 Å². The van der Waals surface area contributed by atoms with E-state index in [1.54, 1.807) is 0 Å². The van der Waals surface area contributed by atoms with E-state index in [-0.39, 0.29) is 17.9 Å². The number of likely N-dealkylation sites (tertiary alicyclic amines) is 1. The SMILES string of the molecule is CC(C)n1cc(CN2CC[C@H]3NC(=O)CC[C@]3(C(=O)NCc3ccccc3)C2)cn1. The van der Waals surface area contributed by atoms with Gasteiger partial charge in [0.15, 0.2) is 0 Å². The number of aromatic nitrogens is 2. The second kappa shape index (κ2) is 8.60. The van der Waals surface area contributed by atoms with Gasteiger partial charge in [0.2, 0.25) is 11.8 Å². The molecule has 2 aromatic rings. The summed E-state index contributed by atoms with van der Waals surface area (Å²) in [4.78, 5) is 27.8. The Morgan fingerprint density at radius 2 is 2.10 bits per heavy atom. The predicted octanol–water partition coefficient (Wildman–Crippen LogP) is 2.25. The molecule has 2 aliphatic rings. The third kappa shape index (κ3) is 4.26. The van der Waals surface area contributed by atoms with Crippen molar-refractivity contribution in [3.63, 3.8) is 0 Å². The molecule has 30 heavy (non-hydrogen) atoms. The van der Waals surface area contributed by atoms with E-state index in [0.29, 0.717) is 32.0 Å². The Bertz CT molecular complexity index is 894. The first-order valence-corrected chi connectivity index (χ1v) is 10.8. The lowest BCUT2D eigenvalue weighted by Gasteiger charge is -2.49. The molecule has 2 saturated heterocycles. The highest BCUT2D eigenvalue weighted by atomic mass is 16.2. The van der Waals surface area contributed by atoms with Gasteiger partial charge in [-0.15, -0.1) is 0 Å². The van der Waals surface area contributed by atoms with Crippen LogP contribution in [0.2, 0.25) is 0 Å². The molecule has 2 amide bonds. The van der Waals surface area contributed by atoms with Crippen LogP contribution < -0.4 is 10.6 Å². The first-order valence-electron chi connectivity index (χ1n) is 10.8. The van der Waals surface area contributed by atoms with Gasteiger partial charge in [0.1, 0.15) is 0 Å². The number of fused-ring (bicyclic) bond motifs is 1. The van der Waals surface area contributed by atoms with Gasteiger partial charge in [-0.25, -0.2) is 0 Å². The van der Waals surface area contributed by atoms with Gasteiger partial charge in [-0.3, -0.25) is 19.2 Å². The van der Waals surface area contributed by atoms with Crippen LogP contribution in [-0.2, 0) is 22.7 Å². The second-order valence-corrected chi connectivity index (χ2v) is 8.87. The summed E-state index contributed by atoms with van der Waals surface area (Å²) in [5.41, 5.74) is 1.64. The third-order valence-corrected chi connectivity index (χ3v) is 6.38. The summed E-state index contributed by atoms with van der Waals surface area (Å²) in [5, 5.41) is 10.7. The minimum atomic E-state index is -0.588. The molecule has 160 valence electrons. The average molecular weight is 410 g/mol. The van der Waals surface area contributed by atoms with Gasteiger partial charge in [-0.1, -0.05) is 30.3 Å². The van der Waals surface area contributed by atoms with Crippen LogP contribution in [0.1, 0.15) is 50.3 Å². The number of hydrogen-bond donors (Lipinski definition) is 2. The molecule has 7 heteroatoms. The zero-order valence-corrected chi connectivity index (χ0v) is 17.8. The maximum absolute atomic E-state index is 13.4. The van der Waals surface area contributed by atoms with Crippen LogP contribution in [0.3, 0.4) is 0 Å². The van der Waals surface area contributed by atoms with Crippen molar-refractivity contribution < 1.29 is 9.59 Å². The summed E-state index contributed by atoms with van der Waals surface area (Å²) in [6, 6.07) is 10.2. The molecule has 3 heterocycles. The van der Waals surface area contributed by atoms with Crippen molar-refractivity contribution >= 4 is 11.8 Å². The fourth-order valence-electron chi connectivity index (χ4n) is 4.68. The molecule has 1 aromatic carbocycles. The lowest BCUT2D eigenvalue weighted by atomic mass is 9.69. The van der Waals surface area contributed by atoms with E-state index < -0.39 is 5.41 Å². The van der Waals surface area contributed by atoms with Crippen LogP contribution >= 0.6 is 0 Å². The molecule has 0 bridgehead atoms. The van der Waals surface area contributed by atoms with E-state index in [0.717, 1.165) is 30.6 Å². The molecule has 2 aliphatic heterocycles. The maximum Gasteiger partial charge on any atom is 0.229 e. The van der Waals surface area contributed by atoms with Gasteiger partial charge in [0.05, 0.1) is 11.6 Å². The number of amides is 2. The largest absolute Gasteiger partial charge is 0.352 e. The average Bonchev–Trinajstić information content (AvgIpc) is 3.22. The number of nitrogens with zero attached hydrogens (tertiary/aromatic N) is 3. The number of carbonyl (C=O) groups excluding carboxylic acids is 2. The van der Waals surface area contributed by atoms with Crippen molar-refractivity contribution in [3.05, 3.63) is 53.9 Å². The summed E-state index contributed by atoms with van der Waals surface area (Å²) < 4.78 is 1.96. The Labute approximate surface area is 177 Å². The summed E-state index contributed by atoms with van der Waals surface area (Å²) in [5.74, 6) is 0.0945. The fraction of sp³-hybridized carbons (Fsp3) is 0.522. The number of benzene rings is 1. The monoisotopic (exact) mass is 409 g/mol. The third-order valence-electron chi connectivity index (χ3n) is 6.38. The van der Waals surface area contributed by atoms with Crippen molar-refractivity contribution in [3.8, 4) is 0 Å². The highest BCUT2D eigenvalue weighted by molar-refractivity contribution is 5.88. The quantitative estimate of drug-likeness (QED) is 0.767. The Morgan fingerprint density at radius 3 is 2.83 bits per heavy atom. The van der Waals surface area contributed by atoms with Gasteiger partial charge >= 0.3 is 0 Å². The molecule has 1 aromatic heterocycles. The molecule has 0 aliphatic carbocycles. The smallest absolute Gasteiger partial charge is 0.229 e. The minimum absolute atomic E-state index is 0.0407. The summed E-state index contributed by atoms with van der Waals surface area (Å²) >= 11 is 0. The van der Waals surface area contributed by atoms with Gasteiger partial charge in [0, 0.05) is 56.4 Å². The van der Waals surface area contributed by atoms with Crippen LogP contribution in [0.4, 0.5) is 0 Å². The van der Waals surface area contributed by atoms with Gasteiger partial charge < -0.3 is 10.6 Å². The zero-order valence-electron chi connectivity index (χ0n) is 17.8. The van der Waals surface area contributed by atoms with Gasteiger partial charge in [0.25, 0.3) is 0 Å².